The lowest BCUT2D eigenvalue weighted by atomic mass is 10.1. The molecule has 0 bridgehead atoms. The van der Waals surface area contributed by atoms with Gasteiger partial charge in [0.05, 0.1) is 11.7 Å². The van der Waals surface area contributed by atoms with Crippen LogP contribution in [0.2, 0.25) is 0 Å². The Morgan fingerprint density at radius 1 is 1.21 bits per heavy atom. The van der Waals surface area contributed by atoms with Gasteiger partial charge in [-0.25, -0.2) is 9.97 Å². The van der Waals surface area contributed by atoms with Gasteiger partial charge in [0.25, 0.3) is 5.91 Å². The van der Waals surface area contributed by atoms with E-state index < -0.39 is 0 Å². The van der Waals surface area contributed by atoms with Gasteiger partial charge in [0.15, 0.2) is 0 Å². The number of likely N-dealkylation sites (tertiary alicyclic amines) is 1. The summed E-state index contributed by atoms with van der Waals surface area (Å²) in [6.45, 7) is 5.68. The highest BCUT2D eigenvalue weighted by Gasteiger charge is 2.25. The minimum absolute atomic E-state index is 0.0844. The maximum absolute atomic E-state index is 13.2. The van der Waals surface area contributed by atoms with Crippen molar-refractivity contribution >= 4 is 39.2 Å². The molecule has 0 atom stereocenters. The highest BCUT2D eigenvalue weighted by atomic mass is 32.2. The van der Waals surface area contributed by atoms with Gasteiger partial charge in [0.2, 0.25) is 0 Å². The summed E-state index contributed by atoms with van der Waals surface area (Å²) in [6.07, 6.45) is 3.64. The number of aromatic nitrogens is 2. The molecule has 0 spiro atoms. The Morgan fingerprint density at radius 2 is 1.96 bits per heavy atom. The molecule has 3 heterocycles. The molecule has 7 heteroatoms. The molecule has 3 aromatic rings. The van der Waals surface area contributed by atoms with Crippen molar-refractivity contribution in [3.63, 3.8) is 0 Å². The molecule has 0 saturated carbocycles. The van der Waals surface area contributed by atoms with Crippen LogP contribution in [0.3, 0.4) is 0 Å². The highest BCUT2D eigenvalue weighted by molar-refractivity contribution is 7.99. The first-order valence-electron chi connectivity index (χ1n) is 9.38. The molecule has 0 N–H and O–H groups in total. The highest BCUT2D eigenvalue weighted by Crippen LogP contribution is 2.38. The second kappa shape index (κ2) is 8.19. The number of carbonyl (C=O) groups is 1. The van der Waals surface area contributed by atoms with E-state index in [0.717, 1.165) is 51.6 Å². The van der Waals surface area contributed by atoms with Crippen molar-refractivity contribution in [2.75, 3.05) is 20.2 Å². The molecule has 4 rings (SSSR count). The minimum Gasteiger partial charge on any atom is -0.381 e. The molecule has 5 nitrogen and oxygen atoms in total. The van der Waals surface area contributed by atoms with Crippen LogP contribution in [0.1, 0.15) is 33.6 Å². The molecular formula is C21H23N3O2S2. The van der Waals surface area contributed by atoms with Gasteiger partial charge in [-0.05, 0) is 44.4 Å². The fourth-order valence-electron chi connectivity index (χ4n) is 3.53. The van der Waals surface area contributed by atoms with E-state index in [0.29, 0.717) is 0 Å². The van der Waals surface area contributed by atoms with E-state index in [1.54, 1.807) is 36.5 Å². The van der Waals surface area contributed by atoms with Crippen LogP contribution in [0.15, 0.2) is 40.5 Å². The van der Waals surface area contributed by atoms with Gasteiger partial charge < -0.3 is 9.64 Å². The van der Waals surface area contributed by atoms with Gasteiger partial charge in [0, 0.05) is 35.4 Å². The summed E-state index contributed by atoms with van der Waals surface area (Å²) in [5, 5.41) is 2.00. The fourth-order valence-corrected chi connectivity index (χ4v) is 5.66. The van der Waals surface area contributed by atoms with E-state index in [1.807, 2.05) is 29.2 Å². The lowest BCUT2D eigenvalue weighted by molar-refractivity contribution is 0.0349. The van der Waals surface area contributed by atoms with E-state index in [4.69, 9.17) is 4.74 Å². The fraction of sp³-hybridized carbons (Fsp3) is 0.381. The van der Waals surface area contributed by atoms with Gasteiger partial charge in [-0.2, -0.15) is 0 Å². The van der Waals surface area contributed by atoms with E-state index in [1.165, 1.54) is 10.4 Å². The number of hydrogen-bond acceptors (Lipinski definition) is 6. The van der Waals surface area contributed by atoms with Crippen LogP contribution < -0.4 is 0 Å². The van der Waals surface area contributed by atoms with Crippen molar-refractivity contribution in [2.45, 2.75) is 42.7 Å². The number of thiophene rings is 1. The zero-order valence-corrected chi connectivity index (χ0v) is 17.9. The normalized spacial score (nSPS) is 15.3. The number of fused-ring (bicyclic) bond motifs is 1. The molecule has 28 heavy (non-hydrogen) atoms. The van der Waals surface area contributed by atoms with E-state index in [-0.39, 0.29) is 12.0 Å². The number of hydrogen-bond donors (Lipinski definition) is 0. The first kappa shape index (κ1) is 19.4. The maximum atomic E-state index is 13.2. The number of benzene rings is 1. The van der Waals surface area contributed by atoms with Crippen molar-refractivity contribution in [1.82, 2.24) is 14.9 Å². The second-order valence-electron chi connectivity index (χ2n) is 6.97. The average Bonchev–Trinajstić information content (AvgIpc) is 3.02. The monoisotopic (exact) mass is 413 g/mol. The molecule has 1 saturated heterocycles. The zero-order chi connectivity index (χ0) is 19.7. The quantitative estimate of drug-likeness (QED) is 0.580. The third-order valence-electron chi connectivity index (χ3n) is 5.32. The molecule has 146 valence electrons. The summed E-state index contributed by atoms with van der Waals surface area (Å²) in [6, 6.07) is 7.81. The molecule has 1 aliphatic heterocycles. The van der Waals surface area contributed by atoms with Crippen LogP contribution in [0.25, 0.3) is 10.2 Å². The van der Waals surface area contributed by atoms with Gasteiger partial charge in [-0.15, -0.1) is 11.3 Å². The van der Waals surface area contributed by atoms with Crippen LogP contribution in [0.4, 0.5) is 0 Å². The minimum atomic E-state index is 0.0844. The molecule has 0 unspecified atom stereocenters. The van der Waals surface area contributed by atoms with Gasteiger partial charge in [-0.3, -0.25) is 4.79 Å². The van der Waals surface area contributed by atoms with Crippen molar-refractivity contribution < 1.29 is 9.53 Å². The Morgan fingerprint density at radius 3 is 2.71 bits per heavy atom. The number of ether oxygens (including phenoxy) is 1. The van der Waals surface area contributed by atoms with Crippen molar-refractivity contribution in [3.05, 3.63) is 46.6 Å². The average molecular weight is 414 g/mol. The summed E-state index contributed by atoms with van der Waals surface area (Å²) in [5.74, 6) is 0.0844. The third-order valence-corrected chi connectivity index (χ3v) is 7.51. The molecule has 0 radical (unpaired) electrons. The topological polar surface area (TPSA) is 55.3 Å². The van der Waals surface area contributed by atoms with Crippen LogP contribution >= 0.6 is 23.1 Å². The molecule has 0 aliphatic carbocycles. The van der Waals surface area contributed by atoms with Crippen LogP contribution in [-0.2, 0) is 4.74 Å². The standard InChI is InChI=1S/C21H23N3O2S2/c1-13-14(2)27-19-18(13)20(23-12-22-19)28-17-7-5-4-6-16(17)21(25)24-10-8-15(26-3)9-11-24/h4-7,12,15H,8-11H2,1-3H3. The number of amides is 1. The van der Waals surface area contributed by atoms with Crippen LogP contribution in [0.5, 0.6) is 0 Å². The third kappa shape index (κ3) is 3.66. The predicted molar refractivity (Wildman–Crippen MR) is 113 cm³/mol. The zero-order valence-electron chi connectivity index (χ0n) is 16.3. The summed E-state index contributed by atoms with van der Waals surface area (Å²) in [4.78, 5) is 27.2. The van der Waals surface area contributed by atoms with Crippen LogP contribution in [-0.4, -0.2) is 47.1 Å². The lowest BCUT2D eigenvalue weighted by Gasteiger charge is -2.31. The summed E-state index contributed by atoms with van der Waals surface area (Å²) in [5.41, 5.74) is 1.95. The molecule has 1 aromatic carbocycles. The smallest absolute Gasteiger partial charge is 0.255 e. The number of carbonyl (C=O) groups excluding carboxylic acids is 1. The van der Waals surface area contributed by atoms with Crippen molar-refractivity contribution in [3.8, 4) is 0 Å². The summed E-state index contributed by atoms with van der Waals surface area (Å²) < 4.78 is 5.43. The Hall–Kier alpha value is -1.96. The van der Waals surface area contributed by atoms with E-state index in [9.17, 15) is 4.79 Å². The second-order valence-corrected chi connectivity index (χ2v) is 9.20. The number of methoxy groups -OCH3 is 1. The van der Waals surface area contributed by atoms with Gasteiger partial charge >= 0.3 is 0 Å². The first-order valence-corrected chi connectivity index (χ1v) is 11.0. The number of nitrogens with zero attached hydrogens (tertiary/aromatic N) is 3. The Kier molecular flexibility index (Phi) is 5.66. The Labute approximate surface area is 173 Å². The van der Waals surface area contributed by atoms with Gasteiger partial charge in [-0.1, -0.05) is 23.9 Å². The largest absolute Gasteiger partial charge is 0.381 e. The van der Waals surface area contributed by atoms with Gasteiger partial charge in [0.1, 0.15) is 16.2 Å². The van der Waals surface area contributed by atoms with E-state index in [2.05, 4.69) is 23.8 Å². The number of piperidine rings is 1. The van der Waals surface area contributed by atoms with Crippen molar-refractivity contribution in [1.29, 1.82) is 0 Å². The Bertz CT molecular complexity index is 1010. The first-order chi connectivity index (χ1) is 13.6. The molecule has 1 fully saturated rings. The van der Waals surface area contributed by atoms with Crippen LogP contribution in [0, 0.1) is 13.8 Å². The molecular weight excluding hydrogens is 390 g/mol. The van der Waals surface area contributed by atoms with E-state index >= 15 is 0 Å². The molecule has 2 aromatic heterocycles. The predicted octanol–water partition coefficient (Wildman–Crippen LogP) is 4.71. The Balaban J connectivity index is 1.63. The number of rotatable bonds is 4. The molecule has 1 amide bonds. The summed E-state index contributed by atoms with van der Waals surface area (Å²) in [7, 11) is 1.74. The lowest BCUT2D eigenvalue weighted by Crippen LogP contribution is -2.40. The SMILES string of the molecule is COC1CCN(C(=O)c2ccccc2Sc2ncnc3sc(C)c(C)c23)CC1. The maximum Gasteiger partial charge on any atom is 0.255 e. The molecule has 1 aliphatic rings. The van der Waals surface area contributed by atoms with Crippen molar-refractivity contribution in [2.24, 2.45) is 0 Å². The number of aryl methyl sites for hydroxylation is 2. The summed E-state index contributed by atoms with van der Waals surface area (Å²) >= 11 is 3.24.